The van der Waals surface area contributed by atoms with Gasteiger partial charge in [-0.1, -0.05) is 13.3 Å². The van der Waals surface area contributed by atoms with Crippen LogP contribution in [-0.4, -0.2) is 65.8 Å². The number of hydrogen-bond donors (Lipinski definition) is 1. The minimum Gasteiger partial charge on any atom is -0.481 e. The zero-order valence-electron chi connectivity index (χ0n) is 11.8. The lowest BCUT2D eigenvalue weighted by atomic mass is 10.1. The maximum absolute atomic E-state index is 12.4. The standard InChI is InChI=1S/C13H24N2O4/c1-3-5-6-14(4-2)13(18)15-7-8-19-10-11(15)9-12(16)17/h11H,3-10H2,1-2H3,(H,16,17). The van der Waals surface area contributed by atoms with Crippen LogP contribution in [-0.2, 0) is 9.53 Å². The first-order chi connectivity index (χ1) is 9.10. The van der Waals surface area contributed by atoms with Crippen molar-refractivity contribution in [3.8, 4) is 0 Å². The van der Waals surface area contributed by atoms with E-state index in [2.05, 4.69) is 6.92 Å². The Balaban J connectivity index is 2.66. The molecule has 1 atom stereocenters. The highest BCUT2D eigenvalue weighted by Crippen LogP contribution is 2.14. The molecule has 1 N–H and O–H groups in total. The van der Waals surface area contributed by atoms with Crippen LogP contribution in [0.5, 0.6) is 0 Å². The average Bonchev–Trinajstić information content (AvgIpc) is 2.39. The Kier molecular flexibility index (Phi) is 6.62. The zero-order valence-corrected chi connectivity index (χ0v) is 11.8. The van der Waals surface area contributed by atoms with Gasteiger partial charge in [-0.15, -0.1) is 0 Å². The summed E-state index contributed by atoms with van der Waals surface area (Å²) < 4.78 is 5.28. The molecule has 0 bridgehead atoms. The normalized spacial score (nSPS) is 19.3. The second-order valence-corrected chi connectivity index (χ2v) is 4.74. The van der Waals surface area contributed by atoms with Gasteiger partial charge in [-0.3, -0.25) is 4.79 Å². The fourth-order valence-electron chi connectivity index (χ4n) is 2.20. The molecule has 1 saturated heterocycles. The lowest BCUT2D eigenvalue weighted by Gasteiger charge is -2.38. The Morgan fingerprint density at radius 1 is 1.42 bits per heavy atom. The van der Waals surface area contributed by atoms with Crippen molar-refractivity contribution in [2.75, 3.05) is 32.8 Å². The summed E-state index contributed by atoms with van der Waals surface area (Å²) in [6.07, 6.45) is 1.94. The third kappa shape index (κ3) is 4.70. The summed E-state index contributed by atoms with van der Waals surface area (Å²) in [6.45, 7) is 6.66. The van der Waals surface area contributed by atoms with Crippen molar-refractivity contribution in [2.24, 2.45) is 0 Å². The van der Waals surface area contributed by atoms with Gasteiger partial charge >= 0.3 is 12.0 Å². The van der Waals surface area contributed by atoms with Crippen LogP contribution in [0.15, 0.2) is 0 Å². The molecule has 110 valence electrons. The van der Waals surface area contributed by atoms with Crippen molar-refractivity contribution in [1.29, 1.82) is 0 Å². The number of carbonyl (C=O) groups excluding carboxylic acids is 1. The number of unbranched alkanes of at least 4 members (excludes halogenated alkanes) is 1. The van der Waals surface area contributed by atoms with E-state index in [0.29, 0.717) is 26.3 Å². The highest BCUT2D eigenvalue weighted by Gasteiger charge is 2.31. The Labute approximate surface area is 114 Å². The maximum Gasteiger partial charge on any atom is 0.320 e. The fourth-order valence-corrected chi connectivity index (χ4v) is 2.20. The number of ether oxygens (including phenoxy) is 1. The first-order valence-electron chi connectivity index (χ1n) is 6.95. The van der Waals surface area contributed by atoms with Gasteiger partial charge in [0, 0.05) is 19.6 Å². The van der Waals surface area contributed by atoms with Crippen LogP contribution in [0.4, 0.5) is 4.79 Å². The van der Waals surface area contributed by atoms with E-state index in [9.17, 15) is 9.59 Å². The Morgan fingerprint density at radius 3 is 2.74 bits per heavy atom. The van der Waals surface area contributed by atoms with Gasteiger partial charge in [-0.25, -0.2) is 4.79 Å². The Morgan fingerprint density at radius 2 is 2.16 bits per heavy atom. The minimum absolute atomic E-state index is 0.0585. The van der Waals surface area contributed by atoms with Crippen molar-refractivity contribution < 1.29 is 19.4 Å². The van der Waals surface area contributed by atoms with E-state index in [1.54, 1.807) is 9.80 Å². The first-order valence-corrected chi connectivity index (χ1v) is 6.95. The van der Waals surface area contributed by atoms with Gasteiger partial charge in [0.25, 0.3) is 0 Å². The fraction of sp³-hybridized carbons (Fsp3) is 0.846. The number of amides is 2. The van der Waals surface area contributed by atoms with Gasteiger partial charge in [0.2, 0.25) is 0 Å². The topological polar surface area (TPSA) is 70.1 Å². The van der Waals surface area contributed by atoms with Crippen LogP contribution in [0, 0.1) is 0 Å². The van der Waals surface area contributed by atoms with Crippen LogP contribution < -0.4 is 0 Å². The zero-order chi connectivity index (χ0) is 14.3. The molecule has 0 aliphatic carbocycles. The predicted octanol–water partition coefficient (Wildman–Crippen LogP) is 1.40. The van der Waals surface area contributed by atoms with Gasteiger partial charge in [0.05, 0.1) is 25.7 Å². The largest absolute Gasteiger partial charge is 0.481 e. The number of urea groups is 1. The summed E-state index contributed by atoms with van der Waals surface area (Å²) in [7, 11) is 0. The molecular formula is C13H24N2O4. The molecule has 2 amide bonds. The Bertz CT molecular complexity index is 309. The molecule has 1 aliphatic rings. The number of morpholine rings is 1. The molecule has 1 rings (SSSR count). The lowest BCUT2D eigenvalue weighted by Crippen LogP contribution is -2.54. The predicted molar refractivity (Wildman–Crippen MR) is 71.1 cm³/mol. The third-order valence-electron chi connectivity index (χ3n) is 3.32. The van der Waals surface area contributed by atoms with E-state index in [1.807, 2.05) is 6.92 Å². The molecular weight excluding hydrogens is 248 g/mol. The number of hydrogen-bond acceptors (Lipinski definition) is 3. The lowest BCUT2D eigenvalue weighted by molar-refractivity contribution is -0.139. The quantitative estimate of drug-likeness (QED) is 0.793. The van der Waals surface area contributed by atoms with Crippen molar-refractivity contribution in [2.45, 2.75) is 39.2 Å². The SMILES string of the molecule is CCCCN(CC)C(=O)N1CCOCC1CC(=O)O. The van der Waals surface area contributed by atoms with Crippen molar-refractivity contribution in [3.05, 3.63) is 0 Å². The second kappa shape index (κ2) is 7.99. The summed E-state index contributed by atoms with van der Waals surface area (Å²) >= 11 is 0. The molecule has 1 fully saturated rings. The average molecular weight is 272 g/mol. The maximum atomic E-state index is 12.4. The summed E-state index contributed by atoms with van der Waals surface area (Å²) in [4.78, 5) is 26.7. The molecule has 0 aromatic heterocycles. The second-order valence-electron chi connectivity index (χ2n) is 4.74. The third-order valence-corrected chi connectivity index (χ3v) is 3.32. The summed E-state index contributed by atoms with van der Waals surface area (Å²) in [6, 6.07) is -0.417. The summed E-state index contributed by atoms with van der Waals surface area (Å²) in [5, 5.41) is 8.90. The highest BCUT2D eigenvalue weighted by atomic mass is 16.5. The van der Waals surface area contributed by atoms with E-state index in [4.69, 9.17) is 9.84 Å². The van der Waals surface area contributed by atoms with Gasteiger partial charge in [-0.05, 0) is 13.3 Å². The minimum atomic E-state index is -0.898. The van der Waals surface area contributed by atoms with Gasteiger partial charge in [0.15, 0.2) is 0 Å². The molecule has 0 aromatic carbocycles. The van der Waals surface area contributed by atoms with Crippen molar-refractivity contribution >= 4 is 12.0 Å². The van der Waals surface area contributed by atoms with Crippen LogP contribution >= 0.6 is 0 Å². The summed E-state index contributed by atoms with van der Waals surface area (Å²) in [5.74, 6) is -0.898. The molecule has 0 spiro atoms. The van der Waals surface area contributed by atoms with Crippen LogP contribution in [0.25, 0.3) is 0 Å². The molecule has 0 aromatic rings. The first kappa shape index (κ1) is 15.8. The van der Waals surface area contributed by atoms with E-state index in [0.717, 1.165) is 19.4 Å². The van der Waals surface area contributed by atoms with E-state index >= 15 is 0 Å². The molecule has 6 nitrogen and oxygen atoms in total. The summed E-state index contributed by atoms with van der Waals surface area (Å²) in [5.41, 5.74) is 0. The van der Waals surface area contributed by atoms with E-state index < -0.39 is 5.97 Å². The van der Waals surface area contributed by atoms with Crippen LogP contribution in [0.1, 0.15) is 33.1 Å². The number of aliphatic carboxylic acids is 1. The molecule has 0 saturated carbocycles. The molecule has 0 radical (unpaired) electrons. The number of carboxylic acids is 1. The molecule has 1 unspecified atom stereocenters. The molecule has 19 heavy (non-hydrogen) atoms. The number of rotatable bonds is 6. The van der Waals surface area contributed by atoms with E-state index in [1.165, 1.54) is 0 Å². The van der Waals surface area contributed by atoms with E-state index in [-0.39, 0.29) is 18.5 Å². The number of carboxylic acid groups (broad SMARTS) is 1. The van der Waals surface area contributed by atoms with Crippen molar-refractivity contribution in [3.63, 3.8) is 0 Å². The number of carbonyl (C=O) groups is 2. The molecule has 6 heteroatoms. The van der Waals surface area contributed by atoms with Crippen LogP contribution in [0.3, 0.4) is 0 Å². The van der Waals surface area contributed by atoms with Gasteiger partial charge in [0.1, 0.15) is 0 Å². The van der Waals surface area contributed by atoms with Gasteiger partial charge in [-0.2, -0.15) is 0 Å². The Hall–Kier alpha value is -1.30. The molecule has 1 heterocycles. The number of nitrogens with zero attached hydrogens (tertiary/aromatic N) is 2. The molecule has 1 aliphatic heterocycles. The van der Waals surface area contributed by atoms with Gasteiger partial charge < -0.3 is 19.6 Å². The van der Waals surface area contributed by atoms with Crippen LogP contribution in [0.2, 0.25) is 0 Å². The smallest absolute Gasteiger partial charge is 0.320 e. The monoisotopic (exact) mass is 272 g/mol. The van der Waals surface area contributed by atoms with Crippen molar-refractivity contribution in [1.82, 2.24) is 9.80 Å². The highest BCUT2D eigenvalue weighted by molar-refractivity contribution is 5.76.